The second-order valence-electron chi connectivity index (χ2n) is 5.84. The van der Waals surface area contributed by atoms with Crippen molar-refractivity contribution in [1.82, 2.24) is 0 Å². The molecule has 1 heterocycles. The molecule has 1 spiro atoms. The Bertz CT molecular complexity index is 233. The van der Waals surface area contributed by atoms with Crippen LogP contribution < -0.4 is 0 Å². The molecule has 1 nitrogen and oxygen atoms in total. The quantitative estimate of drug-likeness (QED) is 0.504. The number of rotatable bonds is 0. The van der Waals surface area contributed by atoms with Crippen LogP contribution in [-0.4, -0.2) is 12.2 Å². The number of ether oxygens (including phenoxy) is 1. The summed E-state index contributed by atoms with van der Waals surface area (Å²) in [5, 5.41) is 0. The van der Waals surface area contributed by atoms with Crippen LogP contribution in [0.2, 0.25) is 0 Å². The van der Waals surface area contributed by atoms with Gasteiger partial charge in [-0.2, -0.15) is 0 Å². The van der Waals surface area contributed by atoms with Crippen LogP contribution in [0.15, 0.2) is 0 Å². The van der Waals surface area contributed by atoms with E-state index in [0.29, 0.717) is 16.4 Å². The van der Waals surface area contributed by atoms with Crippen molar-refractivity contribution >= 4 is 0 Å². The molecule has 1 saturated heterocycles. The molecule has 1 aliphatic heterocycles. The summed E-state index contributed by atoms with van der Waals surface area (Å²) >= 11 is 0. The fourth-order valence-corrected chi connectivity index (χ4v) is 4.12. The molecule has 0 aromatic heterocycles. The molecule has 3 fully saturated rings. The molecule has 3 atom stereocenters. The van der Waals surface area contributed by atoms with Gasteiger partial charge in [0.1, 0.15) is 5.60 Å². The van der Waals surface area contributed by atoms with Crippen molar-refractivity contribution < 1.29 is 4.74 Å². The lowest BCUT2D eigenvalue weighted by Crippen LogP contribution is -2.43. The van der Waals surface area contributed by atoms with Crippen molar-refractivity contribution in [3.8, 4) is 0 Å². The average Bonchev–Trinajstić information content (AvgIpc) is 2.68. The van der Waals surface area contributed by atoms with E-state index in [1.807, 2.05) is 0 Å². The number of hydrogen-bond donors (Lipinski definition) is 0. The van der Waals surface area contributed by atoms with E-state index >= 15 is 0 Å². The largest absolute Gasteiger partial charge is 0.368 e. The molecule has 2 bridgehead atoms. The van der Waals surface area contributed by atoms with Gasteiger partial charge in [0.25, 0.3) is 0 Å². The van der Waals surface area contributed by atoms with Gasteiger partial charge in [0.15, 0.2) is 0 Å². The van der Waals surface area contributed by atoms with E-state index in [4.69, 9.17) is 4.74 Å². The molecule has 3 aliphatic rings. The van der Waals surface area contributed by atoms with Crippen molar-refractivity contribution in [1.29, 1.82) is 0 Å². The molecule has 0 unspecified atom stereocenters. The maximum Gasteiger partial charge on any atom is 0.102 e. The van der Waals surface area contributed by atoms with Crippen molar-refractivity contribution in [2.45, 2.75) is 45.6 Å². The van der Waals surface area contributed by atoms with Crippen LogP contribution in [0.3, 0.4) is 0 Å². The Morgan fingerprint density at radius 1 is 1.25 bits per heavy atom. The second-order valence-corrected chi connectivity index (χ2v) is 5.84. The van der Waals surface area contributed by atoms with Gasteiger partial charge in [0.05, 0.1) is 6.61 Å². The molecular formula is C11H18O. The normalized spacial score (nSPS) is 59.8. The summed E-state index contributed by atoms with van der Waals surface area (Å²) in [6.45, 7) is 8.30. The van der Waals surface area contributed by atoms with Crippen molar-refractivity contribution in [3.63, 3.8) is 0 Å². The Balaban J connectivity index is 2.11. The lowest BCUT2D eigenvalue weighted by atomic mass is 9.64. The van der Waals surface area contributed by atoms with Crippen LogP contribution in [0.25, 0.3) is 0 Å². The standard InChI is InChI=1S/C11H18O/c1-9(2)8-4-5-10(3,6-8)11(9)7-12-11/h8H,4-7H2,1-3H3/t8-,10+,11-/m1/s1. The van der Waals surface area contributed by atoms with E-state index in [2.05, 4.69) is 20.8 Å². The van der Waals surface area contributed by atoms with Gasteiger partial charge in [-0.1, -0.05) is 20.8 Å². The van der Waals surface area contributed by atoms with Gasteiger partial charge >= 0.3 is 0 Å². The highest BCUT2D eigenvalue weighted by atomic mass is 16.6. The first-order valence-corrected chi connectivity index (χ1v) is 5.16. The van der Waals surface area contributed by atoms with Crippen molar-refractivity contribution in [2.24, 2.45) is 16.7 Å². The van der Waals surface area contributed by atoms with E-state index in [1.54, 1.807) is 0 Å². The molecule has 0 radical (unpaired) electrons. The zero-order valence-corrected chi connectivity index (χ0v) is 8.31. The molecule has 1 heteroatoms. The van der Waals surface area contributed by atoms with E-state index in [1.165, 1.54) is 19.3 Å². The molecule has 0 N–H and O–H groups in total. The summed E-state index contributed by atoms with van der Waals surface area (Å²) in [6, 6.07) is 0. The summed E-state index contributed by atoms with van der Waals surface area (Å²) in [6.07, 6.45) is 4.26. The van der Waals surface area contributed by atoms with E-state index in [-0.39, 0.29) is 0 Å². The summed E-state index contributed by atoms with van der Waals surface area (Å²) in [5.41, 5.74) is 1.28. The second kappa shape index (κ2) is 1.61. The lowest BCUT2D eigenvalue weighted by Gasteiger charge is -2.40. The topological polar surface area (TPSA) is 12.5 Å². The molecular weight excluding hydrogens is 148 g/mol. The molecule has 12 heavy (non-hydrogen) atoms. The third-order valence-electron chi connectivity index (χ3n) is 5.21. The fourth-order valence-electron chi connectivity index (χ4n) is 4.12. The van der Waals surface area contributed by atoms with E-state index in [0.717, 1.165) is 12.5 Å². The Morgan fingerprint density at radius 3 is 2.25 bits per heavy atom. The molecule has 2 saturated carbocycles. The lowest BCUT2D eigenvalue weighted by molar-refractivity contribution is 0.0305. The van der Waals surface area contributed by atoms with Gasteiger partial charge in [-0.3, -0.25) is 0 Å². The van der Waals surface area contributed by atoms with Gasteiger partial charge in [-0.15, -0.1) is 0 Å². The molecule has 3 rings (SSSR count). The predicted octanol–water partition coefficient (Wildman–Crippen LogP) is 2.60. The maximum atomic E-state index is 5.81. The molecule has 0 amide bonds. The minimum atomic E-state index is 0.295. The van der Waals surface area contributed by atoms with Gasteiger partial charge < -0.3 is 4.74 Å². The highest BCUT2D eigenvalue weighted by Crippen LogP contribution is 2.73. The Morgan fingerprint density at radius 2 is 1.92 bits per heavy atom. The van der Waals surface area contributed by atoms with E-state index in [9.17, 15) is 0 Å². The Kier molecular flexibility index (Phi) is 0.991. The molecule has 0 aromatic rings. The van der Waals surface area contributed by atoms with Gasteiger partial charge in [-0.05, 0) is 36.0 Å². The van der Waals surface area contributed by atoms with E-state index < -0.39 is 0 Å². The van der Waals surface area contributed by atoms with Crippen LogP contribution in [0, 0.1) is 16.7 Å². The average molecular weight is 166 g/mol. The van der Waals surface area contributed by atoms with Crippen LogP contribution in [0.5, 0.6) is 0 Å². The number of fused-ring (bicyclic) bond motifs is 3. The monoisotopic (exact) mass is 166 g/mol. The smallest absolute Gasteiger partial charge is 0.102 e. The van der Waals surface area contributed by atoms with Crippen LogP contribution in [0.4, 0.5) is 0 Å². The molecule has 68 valence electrons. The zero-order chi connectivity index (χ0) is 8.61. The Hall–Kier alpha value is -0.0400. The third kappa shape index (κ3) is 0.501. The Labute approximate surface area is 74.5 Å². The minimum absolute atomic E-state index is 0.295. The van der Waals surface area contributed by atoms with Gasteiger partial charge in [0, 0.05) is 0 Å². The highest BCUT2D eigenvalue weighted by Gasteiger charge is 2.75. The zero-order valence-electron chi connectivity index (χ0n) is 8.31. The van der Waals surface area contributed by atoms with Crippen LogP contribution in [0.1, 0.15) is 40.0 Å². The SMILES string of the molecule is CC1(C)[C@@H]2CC[C@@](C)(C2)[C@@]12CO2. The number of hydrogen-bond acceptors (Lipinski definition) is 1. The summed E-state index contributed by atoms with van der Waals surface area (Å²) in [7, 11) is 0. The maximum absolute atomic E-state index is 5.81. The van der Waals surface area contributed by atoms with Crippen molar-refractivity contribution in [2.75, 3.05) is 6.61 Å². The third-order valence-corrected chi connectivity index (χ3v) is 5.21. The molecule has 2 aliphatic carbocycles. The summed E-state index contributed by atoms with van der Waals surface area (Å²) in [4.78, 5) is 0. The molecule has 0 aromatic carbocycles. The highest BCUT2D eigenvalue weighted by molar-refractivity contribution is 5.24. The predicted molar refractivity (Wildman–Crippen MR) is 47.9 cm³/mol. The fraction of sp³-hybridized carbons (Fsp3) is 1.00. The van der Waals surface area contributed by atoms with Crippen LogP contribution >= 0.6 is 0 Å². The first-order chi connectivity index (χ1) is 5.52. The minimum Gasteiger partial charge on any atom is -0.368 e. The van der Waals surface area contributed by atoms with Crippen molar-refractivity contribution in [3.05, 3.63) is 0 Å². The first kappa shape index (κ1) is 7.37. The van der Waals surface area contributed by atoms with Gasteiger partial charge in [0.2, 0.25) is 0 Å². The summed E-state index contributed by atoms with van der Waals surface area (Å²) < 4.78 is 5.81. The summed E-state index contributed by atoms with van der Waals surface area (Å²) in [5.74, 6) is 0.935. The first-order valence-electron chi connectivity index (χ1n) is 5.16. The van der Waals surface area contributed by atoms with Crippen LogP contribution in [-0.2, 0) is 4.74 Å². The number of epoxide rings is 1. The van der Waals surface area contributed by atoms with Gasteiger partial charge in [-0.25, -0.2) is 0 Å².